The van der Waals surface area contributed by atoms with E-state index in [1.807, 2.05) is 11.9 Å². The number of hydrogen-bond donors (Lipinski definition) is 2. The Balaban J connectivity index is 2.23. The van der Waals surface area contributed by atoms with Crippen molar-refractivity contribution in [3.63, 3.8) is 0 Å². The maximum Gasteiger partial charge on any atom is 0.337 e. The number of carbonyl (C=O) groups is 2. The number of carboxylic acid groups (broad SMARTS) is 1. The van der Waals surface area contributed by atoms with Gasteiger partial charge in [-0.05, 0) is 42.8 Å². The van der Waals surface area contributed by atoms with Gasteiger partial charge in [-0.25, -0.2) is 4.79 Å². The van der Waals surface area contributed by atoms with Crippen molar-refractivity contribution < 1.29 is 14.7 Å². The van der Waals surface area contributed by atoms with E-state index >= 15 is 0 Å². The Hall–Kier alpha value is -2.53. The van der Waals surface area contributed by atoms with Crippen molar-refractivity contribution in [3.8, 4) is 0 Å². The zero-order chi connectivity index (χ0) is 18.4. The standard InChI is InChI=1S/C19H21ClN2O3/c1-3-4-10-22(2)17-9-8-15(12-16(17)19(24)25)21-18(23)13-6-5-7-14(20)11-13/h5-9,11-12H,3-4,10H2,1-2H3,(H,21,23)(H,24,25). The normalized spacial score (nSPS) is 10.4. The highest BCUT2D eigenvalue weighted by Crippen LogP contribution is 2.24. The van der Waals surface area contributed by atoms with Crippen LogP contribution in [0.2, 0.25) is 5.02 Å². The van der Waals surface area contributed by atoms with Gasteiger partial charge in [-0.1, -0.05) is 31.0 Å². The van der Waals surface area contributed by atoms with Crippen molar-refractivity contribution >= 4 is 34.9 Å². The van der Waals surface area contributed by atoms with Crippen LogP contribution in [-0.2, 0) is 0 Å². The summed E-state index contributed by atoms with van der Waals surface area (Å²) in [5.74, 6) is -1.37. The number of aromatic carboxylic acids is 1. The minimum absolute atomic E-state index is 0.155. The smallest absolute Gasteiger partial charge is 0.337 e. The molecule has 0 aliphatic carbocycles. The first-order valence-corrected chi connectivity index (χ1v) is 8.45. The summed E-state index contributed by atoms with van der Waals surface area (Å²) in [6.45, 7) is 2.85. The van der Waals surface area contributed by atoms with Gasteiger partial charge in [-0.3, -0.25) is 4.79 Å². The Bertz CT molecular complexity index is 777. The SMILES string of the molecule is CCCCN(C)c1ccc(NC(=O)c2cccc(Cl)c2)cc1C(=O)O. The number of nitrogens with one attached hydrogen (secondary N) is 1. The Morgan fingerprint density at radius 3 is 2.60 bits per heavy atom. The molecular weight excluding hydrogens is 340 g/mol. The quantitative estimate of drug-likeness (QED) is 0.761. The van der Waals surface area contributed by atoms with Crippen LogP contribution in [0.25, 0.3) is 0 Å². The fourth-order valence-electron chi connectivity index (χ4n) is 2.47. The fourth-order valence-corrected chi connectivity index (χ4v) is 2.66. The molecule has 0 saturated carbocycles. The number of halogens is 1. The number of hydrogen-bond acceptors (Lipinski definition) is 3. The minimum atomic E-state index is -1.03. The lowest BCUT2D eigenvalue weighted by molar-refractivity contribution is 0.0697. The zero-order valence-electron chi connectivity index (χ0n) is 14.3. The molecule has 0 unspecified atom stereocenters. The first-order valence-electron chi connectivity index (χ1n) is 8.07. The fraction of sp³-hybridized carbons (Fsp3) is 0.263. The van der Waals surface area contributed by atoms with Gasteiger partial charge in [-0.15, -0.1) is 0 Å². The molecule has 2 rings (SSSR count). The third kappa shape index (κ3) is 4.97. The van der Waals surface area contributed by atoms with Gasteiger partial charge in [0.25, 0.3) is 5.91 Å². The largest absolute Gasteiger partial charge is 0.478 e. The lowest BCUT2D eigenvalue weighted by Crippen LogP contribution is -2.21. The molecule has 2 aromatic carbocycles. The van der Waals surface area contributed by atoms with E-state index in [4.69, 9.17) is 11.6 Å². The molecule has 6 heteroatoms. The molecule has 0 atom stereocenters. The van der Waals surface area contributed by atoms with E-state index in [0.29, 0.717) is 22.0 Å². The van der Waals surface area contributed by atoms with Crippen LogP contribution in [0.15, 0.2) is 42.5 Å². The van der Waals surface area contributed by atoms with Crippen LogP contribution in [0.4, 0.5) is 11.4 Å². The molecule has 0 bridgehead atoms. The first-order chi connectivity index (χ1) is 11.9. The van der Waals surface area contributed by atoms with E-state index in [-0.39, 0.29) is 11.5 Å². The van der Waals surface area contributed by atoms with E-state index in [1.165, 1.54) is 6.07 Å². The van der Waals surface area contributed by atoms with Gasteiger partial charge in [0, 0.05) is 29.9 Å². The Morgan fingerprint density at radius 2 is 1.96 bits per heavy atom. The maximum absolute atomic E-state index is 12.3. The summed E-state index contributed by atoms with van der Waals surface area (Å²) in [7, 11) is 1.86. The van der Waals surface area contributed by atoms with Gasteiger partial charge in [0.2, 0.25) is 0 Å². The number of nitrogens with zero attached hydrogens (tertiary/aromatic N) is 1. The number of anilines is 2. The average molecular weight is 361 g/mol. The number of benzene rings is 2. The van der Waals surface area contributed by atoms with Gasteiger partial charge in [0.1, 0.15) is 0 Å². The van der Waals surface area contributed by atoms with Gasteiger partial charge >= 0.3 is 5.97 Å². The maximum atomic E-state index is 12.3. The summed E-state index contributed by atoms with van der Waals surface area (Å²) in [6, 6.07) is 11.5. The molecule has 0 radical (unpaired) electrons. The van der Waals surface area contributed by atoms with E-state index in [9.17, 15) is 14.7 Å². The van der Waals surface area contributed by atoms with Crippen molar-refractivity contribution in [2.75, 3.05) is 23.8 Å². The third-order valence-corrected chi connectivity index (χ3v) is 4.07. The molecule has 5 nitrogen and oxygen atoms in total. The molecule has 25 heavy (non-hydrogen) atoms. The van der Waals surface area contributed by atoms with Crippen molar-refractivity contribution in [1.29, 1.82) is 0 Å². The van der Waals surface area contributed by atoms with Crippen molar-refractivity contribution in [3.05, 3.63) is 58.6 Å². The van der Waals surface area contributed by atoms with Crippen LogP contribution in [-0.4, -0.2) is 30.6 Å². The number of amides is 1. The van der Waals surface area contributed by atoms with Crippen LogP contribution in [0, 0.1) is 0 Å². The van der Waals surface area contributed by atoms with Gasteiger partial charge in [-0.2, -0.15) is 0 Å². The predicted octanol–water partition coefficient (Wildman–Crippen LogP) is 4.53. The highest BCUT2D eigenvalue weighted by Gasteiger charge is 2.15. The molecule has 1 amide bonds. The summed E-state index contributed by atoms with van der Waals surface area (Å²) in [5, 5.41) is 12.7. The van der Waals surface area contributed by atoms with E-state index in [2.05, 4.69) is 12.2 Å². The summed E-state index contributed by atoms with van der Waals surface area (Å²) in [4.78, 5) is 25.8. The third-order valence-electron chi connectivity index (χ3n) is 3.83. The lowest BCUT2D eigenvalue weighted by Gasteiger charge is -2.21. The first kappa shape index (κ1) is 18.8. The van der Waals surface area contributed by atoms with E-state index in [0.717, 1.165) is 19.4 Å². The Labute approximate surface area is 152 Å². The molecular formula is C19H21ClN2O3. The molecule has 0 aliphatic heterocycles. The van der Waals surface area contributed by atoms with Crippen molar-refractivity contribution in [1.82, 2.24) is 0 Å². The van der Waals surface area contributed by atoms with Gasteiger partial charge < -0.3 is 15.3 Å². The molecule has 2 aromatic rings. The second-order valence-corrected chi connectivity index (χ2v) is 6.21. The summed E-state index contributed by atoms with van der Waals surface area (Å²) in [5.41, 5.74) is 1.62. The van der Waals surface area contributed by atoms with Crippen LogP contribution in [0.3, 0.4) is 0 Å². The zero-order valence-corrected chi connectivity index (χ0v) is 15.0. The molecule has 0 heterocycles. The molecule has 0 aromatic heterocycles. The number of unbranched alkanes of at least 4 members (excludes halogenated alkanes) is 1. The number of carboxylic acids is 1. The summed E-state index contributed by atoms with van der Waals surface area (Å²) in [6.07, 6.45) is 2.00. The van der Waals surface area contributed by atoms with Crippen molar-refractivity contribution in [2.24, 2.45) is 0 Å². The van der Waals surface area contributed by atoms with Crippen LogP contribution < -0.4 is 10.2 Å². The molecule has 0 spiro atoms. The lowest BCUT2D eigenvalue weighted by atomic mass is 10.1. The predicted molar refractivity (Wildman–Crippen MR) is 101 cm³/mol. The van der Waals surface area contributed by atoms with Gasteiger partial charge in [0.05, 0.1) is 11.3 Å². The molecule has 0 aliphatic rings. The summed E-state index contributed by atoms with van der Waals surface area (Å²) < 4.78 is 0. The molecule has 132 valence electrons. The Kier molecular flexibility index (Phi) is 6.42. The molecule has 2 N–H and O–H groups in total. The Morgan fingerprint density at radius 1 is 1.20 bits per heavy atom. The average Bonchev–Trinajstić information content (AvgIpc) is 2.59. The minimum Gasteiger partial charge on any atom is -0.478 e. The van der Waals surface area contributed by atoms with Crippen LogP contribution in [0.5, 0.6) is 0 Å². The summed E-state index contributed by atoms with van der Waals surface area (Å²) >= 11 is 5.89. The second kappa shape index (κ2) is 8.53. The van der Waals surface area contributed by atoms with Crippen molar-refractivity contribution in [2.45, 2.75) is 19.8 Å². The van der Waals surface area contributed by atoms with Crippen LogP contribution >= 0.6 is 11.6 Å². The molecule has 0 fully saturated rings. The second-order valence-electron chi connectivity index (χ2n) is 5.78. The van der Waals surface area contributed by atoms with Crippen LogP contribution in [0.1, 0.15) is 40.5 Å². The topological polar surface area (TPSA) is 69.6 Å². The highest BCUT2D eigenvalue weighted by molar-refractivity contribution is 6.31. The highest BCUT2D eigenvalue weighted by atomic mass is 35.5. The number of rotatable bonds is 7. The molecule has 0 saturated heterocycles. The van der Waals surface area contributed by atoms with Gasteiger partial charge in [0.15, 0.2) is 0 Å². The monoisotopic (exact) mass is 360 g/mol. The van der Waals surface area contributed by atoms with E-state index < -0.39 is 5.97 Å². The van der Waals surface area contributed by atoms with E-state index in [1.54, 1.807) is 36.4 Å². The number of carbonyl (C=O) groups excluding carboxylic acids is 1.